The summed E-state index contributed by atoms with van der Waals surface area (Å²) in [5.41, 5.74) is 0.902. The quantitative estimate of drug-likeness (QED) is 0.628. The number of imide groups is 1. The summed E-state index contributed by atoms with van der Waals surface area (Å²) in [7, 11) is 0. The van der Waals surface area contributed by atoms with Gasteiger partial charge in [-0.1, -0.05) is 0 Å². The van der Waals surface area contributed by atoms with Crippen molar-refractivity contribution in [3.63, 3.8) is 0 Å². The first-order chi connectivity index (χ1) is 10.0. The SMILES string of the molecule is CCOc1cc(/C=C2\NC(=O)NC2=O)cc(Br)c1OCC. The van der Waals surface area contributed by atoms with Crippen molar-refractivity contribution in [2.75, 3.05) is 13.2 Å². The average molecular weight is 355 g/mol. The Kier molecular flexibility index (Phi) is 4.85. The van der Waals surface area contributed by atoms with Crippen molar-refractivity contribution >= 4 is 33.9 Å². The lowest BCUT2D eigenvalue weighted by molar-refractivity contribution is -0.115. The molecule has 21 heavy (non-hydrogen) atoms. The van der Waals surface area contributed by atoms with E-state index in [4.69, 9.17) is 9.47 Å². The van der Waals surface area contributed by atoms with E-state index in [1.807, 2.05) is 13.8 Å². The van der Waals surface area contributed by atoms with E-state index in [1.54, 1.807) is 18.2 Å². The molecule has 3 amide bonds. The van der Waals surface area contributed by atoms with Crippen molar-refractivity contribution in [3.8, 4) is 11.5 Å². The van der Waals surface area contributed by atoms with Crippen molar-refractivity contribution in [2.24, 2.45) is 0 Å². The number of urea groups is 1. The van der Waals surface area contributed by atoms with Gasteiger partial charge < -0.3 is 14.8 Å². The molecule has 0 atom stereocenters. The molecule has 0 radical (unpaired) electrons. The summed E-state index contributed by atoms with van der Waals surface area (Å²) in [5, 5.41) is 4.59. The van der Waals surface area contributed by atoms with E-state index < -0.39 is 11.9 Å². The van der Waals surface area contributed by atoms with Gasteiger partial charge in [0, 0.05) is 0 Å². The third-order valence-corrected chi connectivity index (χ3v) is 3.24. The highest BCUT2D eigenvalue weighted by atomic mass is 79.9. The number of hydrogen-bond acceptors (Lipinski definition) is 4. The van der Waals surface area contributed by atoms with E-state index in [-0.39, 0.29) is 5.70 Å². The summed E-state index contributed by atoms with van der Waals surface area (Å²) >= 11 is 3.42. The molecule has 112 valence electrons. The fourth-order valence-corrected chi connectivity index (χ4v) is 2.44. The van der Waals surface area contributed by atoms with Gasteiger partial charge in [0.2, 0.25) is 0 Å². The number of carbonyl (C=O) groups excluding carboxylic acids is 2. The summed E-state index contributed by atoms with van der Waals surface area (Å²) in [6.07, 6.45) is 1.57. The molecule has 0 aromatic heterocycles. The van der Waals surface area contributed by atoms with Crippen molar-refractivity contribution in [1.82, 2.24) is 10.6 Å². The highest BCUT2D eigenvalue weighted by molar-refractivity contribution is 9.10. The van der Waals surface area contributed by atoms with E-state index in [0.717, 1.165) is 0 Å². The Labute approximate surface area is 130 Å². The fourth-order valence-electron chi connectivity index (χ4n) is 1.87. The Morgan fingerprint density at radius 1 is 1.14 bits per heavy atom. The molecule has 1 heterocycles. The van der Waals surface area contributed by atoms with Crippen LogP contribution in [0.3, 0.4) is 0 Å². The Morgan fingerprint density at radius 3 is 2.43 bits per heavy atom. The van der Waals surface area contributed by atoms with Gasteiger partial charge in [0.15, 0.2) is 11.5 Å². The van der Waals surface area contributed by atoms with Gasteiger partial charge in [-0.25, -0.2) is 4.79 Å². The van der Waals surface area contributed by atoms with E-state index in [9.17, 15) is 9.59 Å². The lowest BCUT2D eigenvalue weighted by Gasteiger charge is -2.13. The van der Waals surface area contributed by atoms with Crippen LogP contribution in [0, 0.1) is 0 Å². The maximum absolute atomic E-state index is 11.5. The zero-order valence-corrected chi connectivity index (χ0v) is 13.2. The fraction of sp³-hybridized carbons (Fsp3) is 0.286. The van der Waals surface area contributed by atoms with E-state index >= 15 is 0 Å². The van der Waals surface area contributed by atoms with Crippen LogP contribution in [-0.4, -0.2) is 25.2 Å². The highest BCUT2D eigenvalue weighted by Gasteiger charge is 2.23. The second-order valence-electron chi connectivity index (χ2n) is 4.16. The molecule has 1 aliphatic rings. The number of halogens is 1. The normalized spacial score (nSPS) is 15.9. The van der Waals surface area contributed by atoms with Gasteiger partial charge in [-0.15, -0.1) is 0 Å². The first-order valence-corrected chi connectivity index (χ1v) is 7.27. The molecule has 1 aromatic carbocycles. The predicted octanol–water partition coefficient (Wildman–Crippen LogP) is 2.43. The molecule has 1 fully saturated rings. The smallest absolute Gasteiger partial charge is 0.326 e. The number of benzene rings is 1. The Balaban J connectivity index is 2.39. The van der Waals surface area contributed by atoms with Crippen molar-refractivity contribution in [1.29, 1.82) is 0 Å². The number of nitrogens with one attached hydrogen (secondary N) is 2. The molecule has 2 N–H and O–H groups in total. The van der Waals surface area contributed by atoms with Crippen LogP contribution in [0.5, 0.6) is 11.5 Å². The largest absolute Gasteiger partial charge is 0.490 e. The second-order valence-corrected chi connectivity index (χ2v) is 5.02. The topological polar surface area (TPSA) is 76.7 Å². The molecule has 1 saturated heterocycles. The highest BCUT2D eigenvalue weighted by Crippen LogP contribution is 2.37. The van der Waals surface area contributed by atoms with Crippen molar-refractivity contribution in [2.45, 2.75) is 13.8 Å². The summed E-state index contributed by atoms with van der Waals surface area (Å²) < 4.78 is 11.8. The second kappa shape index (κ2) is 6.62. The summed E-state index contributed by atoms with van der Waals surface area (Å²) in [5.74, 6) is 0.731. The van der Waals surface area contributed by atoms with E-state index in [1.165, 1.54) is 0 Å². The molecular weight excluding hydrogens is 340 g/mol. The van der Waals surface area contributed by atoms with Gasteiger partial charge in [0.05, 0.1) is 17.7 Å². The Morgan fingerprint density at radius 2 is 1.86 bits per heavy atom. The number of hydrogen-bond donors (Lipinski definition) is 2. The number of ether oxygens (including phenoxy) is 2. The molecule has 2 rings (SSSR count). The van der Waals surface area contributed by atoms with Crippen LogP contribution < -0.4 is 20.1 Å². The maximum Gasteiger partial charge on any atom is 0.326 e. The Bertz CT molecular complexity index is 613. The van der Waals surface area contributed by atoms with E-state index in [2.05, 4.69) is 26.6 Å². The molecule has 1 aliphatic heterocycles. The summed E-state index contributed by atoms with van der Waals surface area (Å²) in [4.78, 5) is 22.6. The maximum atomic E-state index is 11.5. The summed E-state index contributed by atoms with van der Waals surface area (Å²) in [6.45, 7) is 4.76. The molecular formula is C14H15BrN2O4. The van der Waals surface area contributed by atoms with Gasteiger partial charge in [-0.2, -0.15) is 0 Å². The monoisotopic (exact) mass is 354 g/mol. The van der Waals surface area contributed by atoms with Gasteiger partial charge >= 0.3 is 6.03 Å². The van der Waals surface area contributed by atoms with Crippen LogP contribution in [0.15, 0.2) is 22.3 Å². The van der Waals surface area contributed by atoms with Gasteiger partial charge in [0.25, 0.3) is 5.91 Å². The zero-order chi connectivity index (χ0) is 15.4. The first kappa shape index (κ1) is 15.4. The Hall–Kier alpha value is -2.02. The number of rotatable bonds is 5. The standard InChI is InChI=1S/C14H15BrN2O4/c1-3-20-11-7-8(5-9(15)12(11)21-4-2)6-10-13(18)17-14(19)16-10/h5-7H,3-4H2,1-2H3,(H2,16,17,18,19)/b10-6-. The van der Waals surface area contributed by atoms with E-state index in [0.29, 0.717) is 34.7 Å². The molecule has 0 unspecified atom stereocenters. The predicted molar refractivity (Wildman–Crippen MR) is 81.1 cm³/mol. The summed E-state index contributed by atoms with van der Waals surface area (Å²) in [6, 6.07) is 3.02. The molecule has 0 saturated carbocycles. The molecule has 0 bridgehead atoms. The minimum Gasteiger partial charge on any atom is -0.490 e. The van der Waals surface area contributed by atoms with Crippen molar-refractivity contribution < 1.29 is 19.1 Å². The lowest BCUT2D eigenvalue weighted by Crippen LogP contribution is -2.22. The third kappa shape index (κ3) is 3.55. The molecule has 6 nitrogen and oxygen atoms in total. The van der Waals surface area contributed by atoms with Gasteiger partial charge in [-0.05, 0) is 53.5 Å². The molecule has 0 spiro atoms. The number of carbonyl (C=O) groups is 2. The van der Waals surface area contributed by atoms with Crippen LogP contribution in [0.2, 0.25) is 0 Å². The van der Waals surface area contributed by atoms with Crippen LogP contribution in [0.25, 0.3) is 6.08 Å². The third-order valence-electron chi connectivity index (χ3n) is 2.65. The zero-order valence-electron chi connectivity index (χ0n) is 11.7. The molecule has 7 heteroatoms. The number of amides is 3. The minimum absolute atomic E-state index is 0.193. The minimum atomic E-state index is -0.527. The van der Waals surface area contributed by atoms with Crippen LogP contribution in [0.4, 0.5) is 4.79 Å². The van der Waals surface area contributed by atoms with Crippen LogP contribution in [-0.2, 0) is 4.79 Å². The molecule has 1 aromatic rings. The average Bonchev–Trinajstić information content (AvgIpc) is 2.72. The lowest BCUT2D eigenvalue weighted by atomic mass is 10.1. The van der Waals surface area contributed by atoms with Crippen LogP contribution in [0.1, 0.15) is 19.4 Å². The van der Waals surface area contributed by atoms with Crippen LogP contribution >= 0.6 is 15.9 Å². The molecule has 0 aliphatic carbocycles. The van der Waals surface area contributed by atoms with Gasteiger partial charge in [-0.3, -0.25) is 10.1 Å². The van der Waals surface area contributed by atoms with Gasteiger partial charge in [0.1, 0.15) is 5.70 Å². The first-order valence-electron chi connectivity index (χ1n) is 6.48. The van der Waals surface area contributed by atoms with Crippen molar-refractivity contribution in [3.05, 3.63) is 27.9 Å².